The van der Waals surface area contributed by atoms with Gasteiger partial charge in [-0.05, 0) is 69.7 Å². The highest BCUT2D eigenvalue weighted by Gasteiger charge is 2.27. The van der Waals surface area contributed by atoms with E-state index in [9.17, 15) is 0 Å². The Bertz CT molecular complexity index is 281. The molecule has 1 nitrogen and oxygen atoms in total. The van der Waals surface area contributed by atoms with Crippen LogP contribution in [0.5, 0.6) is 0 Å². The monoisotopic (exact) mass is 263 g/mol. The normalized spacial score (nSPS) is 29.9. The second-order valence-corrected chi connectivity index (χ2v) is 6.90. The van der Waals surface area contributed by atoms with E-state index in [1.165, 1.54) is 70.8 Å². The molecule has 0 bridgehead atoms. The van der Waals surface area contributed by atoms with Crippen LogP contribution in [0.15, 0.2) is 11.6 Å². The molecule has 0 saturated heterocycles. The lowest BCUT2D eigenvalue weighted by Gasteiger charge is -2.35. The quantitative estimate of drug-likeness (QED) is 0.660. The van der Waals surface area contributed by atoms with Crippen LogP contribution in [0, 0.1) is 11.8 Å². The summed E-state index contributed by atoms with van der Waals surface area (Å²) in [4.78, 5) is 0. The molecule has 0 spiro atoms. The molecule has 0 amide bonds. The van der Waals surface area contributed by atoms with Gasteiger partial charge in [-0.15, -0.1) is 0 Å². The van der Waals surface area contributed by atoms with Gasteiger partial charge in [0.05, 0.1) is 0 Å². The van der Waals surface area contributed by atoms with Crippen molar-refractivity contribution in [3.63, 3.8) is 0 Å². The van der Waals surface area contributed by atoms with Crippen molar-refractivity contribution >= 4 is 0 Å². The summed E-state index contributed by atoms with van der Waals surface area (Å²) < 4.78 is 0. The van der Waals surface area contributed by atoms with E-state index in [1.807, 2.05) is 0 Å². The van der Waals surface area contributed by atoms with E-state index in [-0.39, 0.29) is 0 Å². The van der Waals surface area contributed by atoms with E-state index < -0.39 is 0 Å². The topological polar surface area (TPSA) is 12.0 Å². The third-order valence-corrected chi connectivity index (χ3v) is 5.07. The first-order chi connectivity index (χ1) is 9.29. The Kier molecular flexibility index (Phi) is 6.43. The minimum Gasteiger partial charge on any atom is -0.313 e. The molecule has 2 aliphatic rings. The highest BCUT2D eigenvalue weighted by molar-refractivity contribution is 5.08. The first-order valence-electron chi connectivity index (χ1n) is 8.71. The number of nitrogens with one attached hydrogen (secondary N) is 1. The van der Waals surface area contributed by atoms with Gasteiger partial charge in [-0.25, -0.2) is 0 Å². The van der Waals surface area contributed by atoms with Crippen molar-refractivity contribution in [3.05, 3.63) is 11.6 Å². The Balaban J connectivity index is 1.91. The second kappa shape index (κ2) is 8.09. The van der Waals surface area contributed by atoms with Gasteiger partial charge in [0.25, 0.3) is 0 Å². The fourth-order valence-electron chi connectivity index (χ4n) is 3.95. The zero-order chi connectivity index (χ0) is 13.5. The number of allylic oxidation sites excluding steroid dienone is 1. The van der Waals surface area contributed by atoms with Crippen LogP contribution in [-0.2, 0) is 0 Å². The maximum Gasteiger partial charge on any atom is 0.0133 e. The Labute approximate surface area is 120 Å². The molecule has 0 aromatic rings. The zero-order valence-corrected chi connectivity index (χ0v) is 13.1. The summed E-state index contributed by atoms with van der Waals surface area (Å²) >= 11 is 0. The van der Waals surface area contributed by atoms with Crippen molar-refractivity contribution in [2.24, 2.45) is 11.8 Å². The summed E-state index contributed by atoms with van der Waals surface area (Å²) in [5.41, 5.74) is 1.75. The summed E-state index contributed by atoms with van der Waals surface area (Å²) in [5.74, 6) is 1.88. The number of hydrogen-bond acceptors (Lipinski definition) is 1. The third-order valence-electron chi connectivity index (χ3n) is 5.07. The predicted octanol–water partition coefficient (Wildman–Crippen LogP) is 5.07. The van der Waals surface area contributed by atoms with E-state index in [0.29, 0.717) is 0 Å². The number of rotatable bonds is 6. The molecule has 3 unspecified atom stereocenters. The lowest BCUT2D eigenvalue weighted by molar-refractivity contribution is 0.220. The van der Waals surface area contributed by atoms with Gasteiger partial charge in [-0.1, -0.05) is 38.3 Å². The van der Waals surface area contributed by atoms with Gasteiger partial charge >= 0.3 is 0 Å². The van der Waals surface area contributed by atoms with Crippen molar-refractivity contribution in [1.82, 2.24) is 5.32 Å². The molecule has 0 aromatic heterocycles. The van der Waals surface area contributed by atoms with Gasteiger partial charge in [0.15, 0.2) is 0 Å². The summed E-state index contributed by atoms with van der Waals surface area (Å²) in [7, 11) is 0. The molecule has 110 valence electrons. The molecule has 1 N–H and O–H groups in total. The molecule has 0 aromatic carbocycles. The average molecular weight is 263 g/mol. The van der Waals surface area contributed by atoms with Gasteiger partial charge in [0.2, 0.25) is 0 Å². The van der Waals surface area contributed by atoms with Crippen LogP contribution in [0.2, 0.25) is 0 Å². The first-order valence-corrected chi connectivity index (χ1v) is 8.71. The van der Waals surface area contributed by atoms with Crippen LogP contribution < -0.4 is 5.32 Å². The molecular weight excluding hydrogens is 230 g/mol. The highest BCUT2D eigenvalue weighted by Crippen LogP contribution is 2.34. The number of hydrogen-bond donors (Lipinski definition) is 1. The molecule has 1 fully saturated rings. The van der Waals surface area contributed by atoms with E-state index in [1.54, 1.807) is 5.57 Å². The maximum absolute atomic E-state index is 3.87. The van der Waals surface area contributed by atoms with Gasteiger partial charge in [0.1, 0.15) is 0 Å². The summed E-state index contributed by atoms with van der Waals surface area (Å²) in [6, 6.07) is 0.757. The summed E-state index contributed by atoms with van der Waals surface area (Å²) in [6.07, 6.45) is 16.5. The molecular formula is C18H33N. The fraction of sp³-hybridized carbons (Fsp3) is 0.889. The van der Waals surface area contributed by atoms with Crippen LogP contribution in [0.25, 0.3) is 0 Å². The van der Waals surface area contributed by atoms with Crippen LogP contribution in [0.3, 0.4) is 0 Å². The average Bonchev–Trinajstić information content (AvgIpc) is 2.44. The maximum atomic E-state index is 3.87. The van der Waals surface area contributed by atoms with E-state index in [2.05, 4.69) is 25.2 Å². The molecule has 2 rings (SSSR count). The van der Waals surface area contributed by atoms with Crippen molar-refractivity contribution in [2.45, 2.75) is 84.1 Å². The van der Waals surface area contributed by atoms with Crippen molar-refractivity contribution in [3.8, 4) is 0 Å². The minimum atomic E-state index is 0.757. The van der Waals surface area contributed by atoms with Crippen LogP contribution in [0.1, 0.15) is 78.1 Å². The van der Waals surface area contributed by atoms with E-state index in [0.717, 1.165) is 17.9 Å². The van der Waals surface area contributed by atoms with Crippen molar-refractivity contribution < 1.29 is 0 Å². The van der Waals surface area contributed by atoms with Gasteiger partial charge in [-0.2, -0.15) is 0 Å². The highest BCUT2D eigenvalue weighted by atomic mass is 14.9. The summed E-state index contributed by atoms with van der Waals surface area (Å²) in [5, 5.41) is 3.87. The summed E-state index contributed by atoms with van der Waals surface area (Å²) in [6.45, 7) is 5.93. The Morgan fingerprint density at radius 3 is 2.84 bits per heavy atom. The Hall–Kier alpha value is -0.300. The van der Waals surface area contributed by atoms with Crippen LogP contribution in [0.4, 0.5) is 0 Å². The fourth-order valence-corrected chi connectivity index (χ4v) is 3.95. The van der Waals surface area contributed by atoms with Crippen molar-refractivity contribution in [2.75, 3.05) is 6.54 Å². The molecule has 1 saturated carbocycles. The smallest absolute Gasteiger partial charge is 0.0133 e. The van der Waals surface area contributed by atoms with Gasteiger partial charge in [-0.3, -0.25) is 0 Å². The first kappa shape index (κ1) is 15.1. The molecule has 0 heterocycles. The predicted molar refractivity (Wildman–Crippen MR) is 84.4 cm³/mol. The van der Waals surface area contributed by atoms with Crippen LogP contribution in [-0.4, -0.2) is 12.6 Å². The van der Waals surface area contributed by atoms with Gasteiger partial charge in [0, 0.05) is 6.04 Å². The van der Waals surface area contributed by atoms with Crippen LogP contribution >= 0.6 is 0 Å². The molecule has 1 heteroatoms. The molecule has 19 heavy (non-hydrogen) atoms. The van der Waals surface area contributed by atoms with Gasteiger partial charge < -0.3 is 5.32 Å². The van der Waals surface area contributed by atoms with E-state index >= 15 is 0 Å². The standard InChI is InChI=1S/C18H33N/c1-3-12-19-18(14-16-9-5-4-6-10-16)17-11-7-8-15(2)13-17/h9,15,17-19H,3-8,10-14H2,1-2H3. The molecule has 0 aliphatic heterocycles. The largest absolute Gasteiger partial charge is 0.313 e. The molecule has 0 radical (unpaired) electrons. The van der Waals surface area contributed by atoms with E-state index in [4.69, 9.17) is 0 Å². The lowest BCUT2D eigenvalue weighted by atomic mass is 9.76. The third kappa shape index (κ3) is 4.95. The second-order valence-electron chi connectivity index (χ2n) is 6.90. The Morgan fingerprint density at radius 2 is 2.16 bits per heavy atom. The molecule has 3 atom stereocenters. The van der Waals surface area contributed by atoms with Crippen molar-refractivity contribution in [1.29, 1.82) is 0 Å². The zero-order valence-electron chi connectivity index (χ0n) is 13.1. The SMILES string of the molecule is CCCNC(CC1=CCCCC1)C1CCCC(C)C1. The minimum absolute atomic E-state index is 0.757. The Morgan fingerprint density at radius 1 is 1.26 bits per heavy atom. The lowest BCUT2D eigenvalue weighted by Crippen LogP contribution is -2.39. The molecule has 2 aliphatic carbocycles.